The van der Waals surface area contributed by atoms with Crippen LogP contribution in [0.15, 0.2) is 34.7 Å². The van der Waals surface area contributed by atoms with Crippen molar-refractivity contribution < 1.29 is 36.3 Å². The molecular formula is C24H28F3N7O5S2. The first kappa shape index (κ1) is 30.4. The quantitative estimate of drug-likeness (QED) is 0.350. The third-order valence-electron chi connectivity index (χ3n) is 6.54. The van der Waals surface area contributed by atoms with E-state index in [2.05, 4.69) is 15.4 Å². The number of aromatic nitrogens is 3. The molecule has 2 aromatic heterocycles. The zero-order valence-electron chi connectivity index (χ0n) is 22.3. The van der Waals surface area contributed by atoms with Gasteiger partial charge in [-0.25, -0.2) is 18.2 Å². The summed E-state index contributed by atoms with van der Waals surface area (Å²) in [6.07, 6.45) is -4.09. The van der Waals surface area contributed by atoms with Crippen molar-refractivity contribution in [1.82, 2.24) is 24.0 Å². The van der Waals surface area contributed by atoms with Gasteiger partial charge in [-0.1, -0.05) is 23.5 Å². The zero-order chi connectivity index (χ0) is 30.1. The highest BCUT2D eigenvalue weighted by Crippen LogP contribution is 2.37. The van der Waals surface area contributed by atoms with Crippen molar-refractivity contribution in [3.05, 3.63) is 41.9 Å². The monoisotopic (exact) mass is 615 g/mol. The summed E-state index contributed by atoms with van der Waals surface area (Å²) in [5.74, 6) is 0. The molecule has 0 unspecified atom stereocenters. The second-order valence-electron chi connectivity index (χ2n) is 9.50. The Bertz CT molecular complexity index is 1530. The Morgan fingerprint density at radius 2 is 1.95 bits per heavy atom. The minimum absolute atomic E-state index is 0.0302. The van der Waals surface area contributed by atoms with Crippen LogP contribution in [0.4, 0.5) is 28.8 Å². The van der Waals surface area contributed by atoms with Crippen LogP contribution in [0.2, 0.25) is 0 Å². The van der Waals surface area contributed by atoms with E-state index < -0.39 is 28.0 Å². The molecule has 4 rings (SSSR count). The Labute approximate surface area is 238 Å². The Morgan fingerprint density at radius 3 is 2.56 bits per heavy atom. The Kier molecular flexibility index (Phi) is 8.72. The Balaban J connectivity index is 1.43. The number of aryl methyl sites for hydroxylation is 2. The number of carbonyl (C=O) groups excluding carboxylic acids is 1. The van der Waals surface area contributed by atoms with Gasteiger partial charge in [0.2, 0.25) is 6.41 Å². The number of rotatable bonds is 9. The molecule has 3 aromatic rings. The number of carboxylic acid groups (broad SMARTS) is 1. The first-order valence-corrected chi connectivity index (χ1v) is 14.6. The van der Waals surface area contributed by atoms with Gasteiger partial charge in [-0.2, -0.15) is 22.6 Å². The molecule has 222 valence electrons. The SMILES string of the molecule is Cc1nc(NC(=O)O)sc1S(=O)(=O)N1CCN(C[C@H](C)N(C=O)c2cccc(-c3cn(C)nc3C(F)(F)F)c2)CC1. The summed E-state index contributed by atoms with van der Waals surface area (Å²) in [6, 6.07) is 5.85. The summed E-state index contributed by atoms with van der Waals surface area (Å²) in [5, 5.41) is 14.5. The average molecular weight is 616 g/mol. The fourth-order valence-corrected chi connectivity index (χ4v) is 7.62. The van der Waals surface area contributed by atoms with Gasteiger partial charge in [0.15, 0.2) is 15.0 Å². The molecule has 1 aliphatic heterocycles. The molecule has 3 heterocycles. The first-order chi connectivity index (χ1) is 19.2. The first-order valence-electron chi connectivity index (χ1n) is 12.4. The third kappa shape index (κ3) is 6.69. The largest absolute Gasteiger partial charge is 0.465 e. The number of carbonyl (C=O) groups is 2. The van der Waals surface area contributed by atoms with Crippen molar-refractivity contribution in [2.75, 3.05) is 42.9 Å². The van der Waals surface area contributed by atoms with Crippen LogP contribution >= 0.6 is 11.3 Å². The molecule has 0 spiro atoms. The van der Waals surface area contributed by atoms with E-state index in [0.29, 0.717) is 31.7 Å². The number of halogens is 3. The highest BCUT2D eigenvalue weighted by Gasteiger charge is 2.37. The summed E-state index contributed by atoms with van der Waals surface area (Å²) in [4.78, 5) is 30.4. The number of thiazole rings is 1. The summed E-state index contributed by atoms with van der Waals surface area (Å²) in [7, 11) is -2.49. The highest BCUT2D eigenvalue weighted by molar-refractivity contribution is 7.91. The maximum Gasteiger partial charge on any atom is 0.435 e. The standard InChI is InChI=1S/C24H28F3N7O5S2/c1-15(34(14-35)18-6-4-5-17(11-18)19-13-31(3)30-20(19)24(25,26)27)12-32-7-9-33(10-8-32)41(38,39)21-16(2)28-22(40-21)29-23(36)37/h4-6,11,13-15H,7-10,12H2,1-3H3,(H,28,29)(H,36,37)/t15-/m0/s1. The lowest BCUT2D eigenvalue weighted by molar-refractivity contribution is -0.141. The van der Waals surface area contributed by atoms with Crippen LogP contribution in [-0.2, 0) is 28.0 Å². The van der Waals surface area contributed by atoms with Crippen molar-refractivity contribution in [3.63, 3.8) is 0 Å². The Morgan fingerprint density at radius 1 is 1.27 bits per heavy atom. The van der Waals surface area contributed by atoms with Crippen molar-refractivity contribution in [3.8, 4) is 11.1 Å². The second-order valence-corrected chi connectivity index (χ2v) is 12.6. The van der Waals surface area contributed by atoms with Crippen molar-refractivity contribution in [1.29, 1.82) is 0 Å². The number of nitrogens with one attached hydrogen (secondary N) is 1. The number of piperazine rings is 1. The molecule has 0 aliphatic carbocycles. The van der Waals surface area contributed by atoms with E-state index in [0.717, 1.165) is 16.0 Å². The molecule has 2 N–H and O–H groups in total. The molecule has 0 radical (unpaired) electrons. The molecule has 1 saturated heterocycles. The van der Waals surface area contributed by atoms with E-state index in [-0.39, 0.29) is 45.3 Å². The molecule has 1 fully saturated rings. The highest BCUT2D eigenvalue weighted by atomic mass is 32.2. The molecular weight excluding hydrogens is 587 g/mol. The molecule has 0 bridgehead atoms. The van der Waals surface area contributed by atoms with Gasteiger partial charge in [-0.15, -0.1) is 0 Å². The number of anilines is 2. The van der Waals surface area contributed by atoms with E-state index in [9.17, 15) is 31.2 Å². The third-order valence-corrected chi connectivity index (χ3v) is 10.1. The van der Waals surface area contributed by atoms with Crippen LogP contribution < -0.4 is 10.2 Å². The van der Waals surface area contributed by atoms with Gasteiger partial charge >= 0.3 is 12.3 Å². The molecule has 2 amide bonds. The lowest BCUT2D eigenvalue weighted by atomic mass is 10.0. The topological polar surface area (TPSA) is 141 Å². The van der Waals surface area contributed by atoms with E-state index in [1.54, 1.807) is 19.1 Å². The number of alkyl halides is 3. The number of sulfonamides is 1. The summed E-state index contributed by atoms with van der Waals surface area (Å²) in [5.41, 5.74) is -0.235. The smallest absolute Gasteiger partial charge is 0.435 e. The zero-order valence-corrected chi connectivity index (χ0v) is 23.9. The Hall–Kier alpha value is -3.54. The minimum Gasteiger partial charge on any atom is -0.465 e. The summed E-state index contributed by atoms with van der Waals surface area (Å²) in [6.45, 7) is 4.78. The summed E-state index contributed by atoms with van der Waals surface area (Å²) < 4.78 is 69.3. The van der Waals surface area contributed by atoms with Gasteiger partial charge in [-0.05, 0) is 31.5 Å². The van der Waals surface area contributed by atoms with Gasteiger partial charge in [-0.3, -0.25) is 19.7 Å². The van der Waals surface area contributed by atoms with Crippen LogP contribution in [-0.4, -0.2) is 88.8 Å². The van der Waals surface area contributed by atoms with E-state index in [1.807, 2.05) is 4.90 Å². The van der Waals surface area contributed by atoms with Crippen LogP contribution in [0, 0.1) is 6.92 Å². The predicted molar refractivity (Wildman–Crippen MR) is 145 cm³/mol. The van der Waals surface area contributed by atoms with E-state index >= 15 is 0 Å². The van der Waals surface area contributed by atoms with Gasteiger partial charge < -0.3 is 10.0 Å². The number of hydrogen-bond donors (Lipinski definition) is 2. The number of amides is 2. The van der Waals surface area contributed by atoms with E-state index in [4.69, 9.17) is 5.11 Å². The van der Waals surface area contributed by atoms with Gasteiger partial charge in [0.05, 0.1) is 5.69 Å². The van der Waals surface area contributed by atoms with Crippen LogP contribution in [0.5, 0.6) is 0 Å². The van der Waals surface area contributed by atoms with Crippen molar-refractivity contribution in [2.45, 2.75) is 30.3 Å². The predicted octanol–water partition coefficient (Wildman–Crippen LogP) is 3.32. The van der Waals surface area contributed by atoms with Crippen LogP contribution in [0.1, 0.15) is 18.3 Å². The maximum atomic E-state index is 13.5. The minimum atomic E-state index is -4.64. The van der Waals surface area contributed by atoms with Crippen molar-refractivity contribution in [2.24, 2.45) is 7.05 Å². The molecule has 17 heteroatoms. The fourth-order valence-electron chi connectivity index (χ4n) is 4.66. The lowest BCUT2D eigenvalue weighted by Crippen LogP contribution is -2.52. The van der Waals surface area contributed by atoms with Crippen LogP contribution in [0.3, 0.4) is 0 Å². The molecule has 41 heavy (non-hydrogen) atoms. The molecule has 1 aromatic carbocycles. The van der Waals surface area contributed by atoms with Crippen LogP contribution in [0.25, 0.3) is 11.1 Å². The van der Waals surface area contributed by atoms with E-state index in [1.165, 1.54) is 41.5 Å². The van der Waals surface area contributed by atoms with Gasteiger partial charge in [0.25, 0.3) is 10.0 Å². The average Bonchev–Trinajstić information content (AvgIpc) is 3.47. The van der Waals surface area contributed by atoms with Gasteiger partial charge in [0, 0.05) is 63.3 Å². The number of benzene rings is 1. The fraction of sp³-hybridized carbons (Fsp3) is 0.417. The molecule has 0 saturated carbocycles. The second kappa shape index (κ2) is 11.8. The molecule has 1 atom stereocenters. The number of hydrogen-bond acceptors (Lipinski definition) is 8. The lowest BCUT2D eigenvalue weighted by Gasteiger charge is -2.37. The summed E-state index contributed by atoms with van der Waals surface area (Å²) >= 11 is 0.748. The normalized spacial score (nSPS) is 16.0. The molecule has 1 aliphatic rings. The van der Waals surface area contributed by atoms with Gasteiger partial charge in [0.1, 0.15) is 0 Å². The number of nitrogens with zero attached hydrogens (tertiary/aromatic N) is 6. The van der Waals surface area contributed by atoms with Crippen molar-refractivity contribution >= 4 is 44.7 Å². The maximum absolute atomic E-state index is 13.5. The molecule has 12 nitrogen and oxygen atoms in total.